The van der Waals surface area contributed by atoms with Crippen LogP contribution in [0.15, 0.2) is 47.4 Å². The highest BCUT2D eigenvalue weighted by Crippen LogP contribution is 2.23. The van der Waals surface area contributed by atoms with E-state index in [9.17, 15) is 13.2 Å². The minimum absolute atomic E-state index is 0.0119. The molecule has 0 heterocycles. The van der Waals surface area contributed by atoms with Crippen molar-refractivity contribution >= 4 is 27.4 Å². The Labute approximate surface area is 127 Å². The number of halogens is 1. The molecule has 6 heteroatoms. The van der Waals surface area contributed by atoms with Crippen molar-refractivity contribution in [2.75, 3.05) is 0 Å². The van der Waals surface area contributed by atoms with Crippen LogP contribution in [0.2, 0.25) is 5.02 Å². The first-order valence-electron chi connectivity index (χ1n) is 6.11. The lowest BCUT2D eigenvalue weighted by Gasteiger charge is -2.10. The molecule has 110 valence electrons. The Kier molecular flexibility index (Phi) is 4.34. The summed E-state index contributed by atoms with van der Waals surface area (Å²) in [4.78, 5) is 11.1. The number of carbonyl (C=O) groups is 1. The van der Waals surface area contributed by atoms with E-state index in [4.69, 9.17) is 16.7 Å². The topological polar surface area (TPSA) is 71.4 Å². The van der Waals surface area contributed by atoms with Crippen molar-refractivity contribution in [3.8, 4) is 0 Å². The van der Waals surface area contributed by atoms with Crippen LogP contribution < -0.4 is 0 Å². The van der Waals surface area contributed by atoms with Gasteiger partial charge in [-0.3, -0.25) is 0 Å². The molecule has 0 aliphatic rings. The number of carboxylic acid groups (broad SMARTS) is 1. The second-order valence-electron chi connectivity index (χ2n) is 4.62. The van der Waals surface area contributed by atoms with Crippen molar-refractivity contribution in [2.24, 2.45) is 0 Å². The fourth-order valence-electron chi connectivity index (χ4n) is 2.11. The molecule has 0 saturated carbocycles. The fraction of sp³-hybridized carbons (Fsp3) is 0.133. The van der Waals surface area contributed by atoms with Crippen LogP contribution in [0.3, 0.4) is 0 Å². The van der Waals surface area contributed by atoms with E-state index >= 15 is 0 Å². The fourth-order valence-corrected chi connectivity index (χ4v) is 3.96. The Balaban J connectivity index is 2.45. The molecular weight excluding hydrogens is 312 g/mol. The lowest BCUT2D eigenvalue weighted by atomic mass is 10.1. The number of carboxylic acids is 1. The zero-order valence-corrected chi connectivity index (χ0v) is 12.8. The summed E-state index contributed by atoms with van der Waals surface area (Å²) >= 11 is 5.85. The van der Waals surface area contributed by atoms with Gasteiger partial charge in [-0.2, -0.15) is 0 Å². The van der Waals surface area contributed by atoms with Crippen molar-refractivity contribution < 1.29 is 18.3 Å². The molecule has 1 N–H and O–H groups in total. The van der Waals surface area contributed by atoms with Gasteiger partial charge in [0.1, 0.15) is 0 Å². The van der Waals surface area contributed by atoms with Crippen LogP contribution in [0.25, 0.3) is 0 Å². The normalized spacial score (nSPS) is 11.3. The highest BCUT2D eigenvalue weighted by Gasteiger charge is 2.21. The van der Waals surface area contributed by atoms with Gasteiger partial charge in [0.05, 0.1) is 16.2 Å². The second-order valence-corrected chi connectivity index (χ2v) is 7.02. The van der Waals surface area contributed by atoms with E-state index in [1.165, 1.54) is 25.1 Å². The Morgan fingerprint density at radius 3 is 2.48 bits per heavy atom. The maximum absolute atomic E-state index is 12.5. The molecule has 0 atom stereocenters. The molecular formula is C15H13ClO4S. The van der Waals surface area contributed by atoms with Gasteiger partial charge in [0.25, 0.3) is 0 Å². The van der Waals surface area contributed by atoms with Gasteiger partial charge in [0.15, 0.2) is 9.84 Å². The van der Waals surface area contributed by atoms with Crippen LogP contribution in [-0.4, -0.2) is 19.5 Å². The summed E-state index contributed by atoms with van der Waals surface area (Å²) in [5.74, 6) is -1.37. The molecule has 0 unspecified atom stereocenters. The number of hydrogen-bond acceptors (Lipinski definition) is 3. The predicted octanol–water partition coefficient (Wildman–Crippen LogP) is 3.32. The van der Waals surface area contributed by atoms with E-state index in [0.717, 1.165) is 0 Å². The van der Waals surface area contributed by atoms with Crippen molar-refractivity contribution in [1.82, 2.24) is 0 Å². The lowest BCUT2D eigenvalue weighted by Crippen LogP contribution is -2.10. The molecule has 2 rings (SSSR count). The monoisotopic (exact) mass is 324 g/mol. The molecule has 0 aromatic heterocycles. The summed E-state index contributed by atoms with van der Waals surface area (Å²) in [6.07, 6.45) is 0. The van der Waals surface area contributed by atoms with Gasteiger partial charge < -0.3 is 5.11 Å². The number of benzene rings is 2. The van der Waals surface area contributed by atoms with Crippen molar-refractivity contribution in [3.05, 3.63) is 64.2 Å². The molecule has 0 aliphatic heterocycles. The van der Waals surface area contributed by atoms with E-state index in [1.807, 2.05) is 0 Å². The quantitative estimate of drug-likeness (QED) is 0.936. The molecule has 0 bridgehead atoms. The van der Waals surface area contributed by atoms with Gasteiger partial charge in [-0.15, -0.1) is 0 Å². The van der Waals surface area contributed by atoms with Gasteiger partial charge in [-0.25, -0.2) is 13.2 Å². The Hall–Kier alpha value is -1.85. The van der Waals surface area contributed by atoms with Gasteiger partial charge in [0.2, 0.25) is 0 Å². The number of rotatable bonds is 4. The van der Waals surface area contributed by atoms with Gasteiger partial charge in [-0.05, 0) is 42.3 Å². The molecule has 4 nitrogen and oxygen atoms in total. The SMILES string of the molecule is Cc1c(C(=O)O)cccc1S(=O)(=O)Cc1cccc(Cl)c1. The number of aromatic carboxylic acids is 1. The third-order valence-corrected chi connectivity index (χ3v) is 5.16. The molecule has 0 radical (unpaired) electrons. The zero-order valence-electron chi connectivity index (χ0n) is 11.2. The van der Waals surface area contributed by atoms with Gasteiger partial charge in [-0.1, -0.05) is 29.8 Å². The molecule has 0 amide bonds. The Morgan fingerprint density at radius 2 is 1.86 bits per heavy atom. The summed E-state index contributed by atoms with van der Waals surface area (Å²) < 4.78 is 24.9. The van der Waals surface area contributed by atoms with Crippen LogP contribution in [-0.2, 0) is 15.6 Å². The maximum Gasteiger partial charge on any atom is 0.335 e. The molecule has 0 aliphatic carbocycles. The smallest absolute Gasteiger partial charge is 0.335 e. The average molecular weight is 325 g/mol. The minimum atomic E-state index is -3.64. The van der Waals surface area contributed by atoms with Gasteiger partial charge in [0, 0.05) is 5.02 Å². The molecule has 0 spiro atoms. The first-order chi connectivity index (χ1) is 9.81. The predicted molar refractivity (Wildman–Crippen MR) is 80.5 cm³/mol. The third-order valence-electron chi connectivity index (χ3n) is 3.10. The van der Waals surface area contributed by atoms with Crippen LogP contribution >= 0.6 is 11.6 Å². The largest absolute Gasteiger partial charge is 0.478 e. The van der Waals surface area contributed by atoms with E-state index in [0.29, 0.717) is 10.6 Å². The maximum atomic E-state index is 12.5. The van der Waals surface area contributed by atoms with Crippen LogP contribution in [0.5, 0.6) is 0 Å². The van der Waals surface area contributed by atoms with Crippen LogP contribution in [0, 0.1) is 6.92 Å². The summed E-state index contributed by atoms with van der Waals surface area (Å²) in [6.45, 7) is 1.49. The van der Waals surface area contributed by atoms with E-state index in [1.54, 1.807) is 24.3 Å². The first kappa shape index (κ1) is 15.5. The third kappa shape index (κ3) is 3.43. The first-order valence-corrected chi connectivity index (χ1v) is 8.14. The van der Waals surface area contributed by atoms with E-state index < -0.39 is 15.8 Å². The van der Waals surface area contributed by atoms with Crippen LogP contribution in [0.1, 0.15) is 21.5 Å². The van der Waals surface area contributed by atoms with Crippen molar-refractivity contribution in [3.63, 3.8) is 0 Å². The molecule has 0 fully saturated rings. The summed E-state index contributed by atoms with van der Waals surface area (Å²) in [7, 11) is -3.64. The highest BCUT2D eigenvalue weighted by molar-refractivity contribution is 7.90. The lowest BCUT2D eigenvalue weighted by molar-refractivity contribution is 0.0696. The van der Waals surface area contributed by atoms with Crippen molar-refractivity contribution in [2.45, 2.75) is 17.6 Å². The molecule has 21 heavy (non-hydrogen) atoms. The highest BCUT2D eigenvalue weighted by atomic mass is 35.5. The summed E-state index contributed by atoms with van der Waals surface area (Å²) in [5, 5.41) is 9.53. The summed E-state index contributed by atoms with van der Waals surface area (Å²) in [5.41, 5.74) is 0.789. The molecule has 2 aromatic carbocycles. The minimum Gasteiger partial charge on any atom is -0.478 e. The van der Waals surface area contributed by atoms with E-state index in [2.05, 4.69) is 0 Å². The van der Waals surface area contributed by atoms with E-state index in [-0.39, 0.29) is 21.8 Å². The second kappa shape index (κ2) is 5.87. The Bertz CT molecular complexity index is 797. The number of hydrogen-bond donors (Lipinski definition) is 1. The molecule has 0 saturated heterocycles. The van der Waals surface area contributed by atoms with Crippen LogP contribution in [0.4, 0.5) is 0 Å². The van der Waals surface area contributed by atoms with Gasteiger partial charge >= 0.3 is 5.97 Å². The van der Waals surface area contributed by atoms with Crippen molar-refractivity contribution in [1.29, 1.82) is 0 Å². The molecule has 2 aromatic rings. The standard InChI is InChI=1S/C15H13ClO4S/c1-10-13(15(17)18)6-3-7-14(10)21(19,20)9-11-4-2-5-12(16)8-11/h2-8H,9H2,1H3,(H,17,18). The zero-order chi connectivity index (χ0) is 15.6. The Morgan fingerprint density at radius 1 is 1.19 bits per heavy atom. The summed E-state index contributed by atoms with van der Waals surface area (Å²) in [6, 6.07) is 10.8. The average Bonchev–Trinajstić information content (AvgIpc) is 2.37. The number of sulfone groups is 1.